The normalized spacial score (nSPS) is 11.2. The molecular formula is C14H12F3N3O. The topological polar surface area (TPSA) is 61.9 Å². The van der Waals surface area contributed by atoms with Crippen LogP contribution in [-0.2, 0) is 12.7 Å². The van der Waals surface area contributed by atoms with Crippen molar-refractivity contribution >= 4 is 5.69 Å². The van der Waals surface area contributed by atoms with Crippen LogP contribution in [0.2, 0.25) is 0 Å². The number of nitrogens with one attached hydrogen (secondary N) is 1. The molecule has 0 unspecified atom stereocenters. The Labute approximate surface area is 119 Å². The minimum Gasteiger partial charge on any atom is -0.444 e. The highest BCUT2D eigenvalue weighted by molar-refractivity contribution is 5.53. The molecule has 0 aliphatic heterocycles. The Morgan fingerprint density at radius 3 is 2.57 bits per heavy atom. The molecule has 0 saturated carbocycles. The minimum atomic E-state index is -4.54. The van der Waals surface area contributed by atoms with Crippen LogP contribution in [-0.4, -0.2) is 4.98 Å². The van der Waals surface area contributed by atoms with E-state index in [1.54, 1.807) is 19.9 Å². The molecule has 4 nitrogen and oxygen atoms in total. The number of anilines is 1. The Hall–Kier alpha value is -2.49. The van der Waals surface area contributed by atoms with Crippen LogP contribution in [0.3, 0.4) is 0 Å². The molecule has 2 aromatic rings. The van der Waals surface area contributed by atoms with Gasteiger partial charge in [0.25, 0.3) is 0 Å². The number of aromatic nitrogens is 1. The van der Waals surface area contributed by atoms with Gasteiger partial charge in [0.05, 0.1) is 29.4 Å². The summed E-state index contributed by atoms with van der Waals surface area (Å²) in [7, 11) is 0. The largest absolute Gasteiger partial charge is 0.444 e. The zero-order valence-corrected chi connectivity index (χ0v) is 11.4. The molecule has 0 bridgehead atoms. The maximum absolute atomic E-state index is 12.7. The van der Waals surface area contributed by atoms with Gasteiger partial charge in [-0.25, -0.2) is 4.98 Å². The Morgan fingerprint density at radius 1 is 1.33 bits per heavy atom. The number of rotatable bonds is 3. The number of hydrogen-bond donors (Lipinski definition) is 1. The number of oxazole rings is 1. The van der Waals surface area contributed by atoms with E-state index in [-0.39, 0.29) is 6.54 Å². The summed E-state index contributed by atoms with van der Waals surface area (Å²) in [4.78, 5) is 4.15. The average Bonchev–Trinajstić information content (AvgIpc) is 2.74. The smallest absolute Gasteiger partial charge is 0.417 e. The van der Waals surface area contributed by atoms with Gasteiger partial charge in [0.15, 0.2) is 0 Å². The van der Waals surface area contributed by atoms with E-state index in [2.05, 4.69) is 10.3 Å². The fourth-order valence-corrected chi connectivity index (χ4v) is 1.79. The van der Waals surface area contributed by atoms with Crippen LogP contribution in [0.5, 0.6) is 0 Å². The van der Waals surface area contributed by atoms with E-state index < -0.39 is 17.3 Å². The van der Waals surface area contributed by atoms with E-state index in [1.165, 1.54) is 6.07 Å². The van der Waals surface area contributed by atoms with Crippen LogP contribution in [0, 0.1) is 25.2 Å². The second-order valence-corrected chi connectivity index (χ2v) is 4.47. The molecular weight excluding hydrogens is 283 g/mol. The van der Waals surface area contributed by atoms with Crippen molar-refractivity contribution in [2.45, 2.75) is 26.6 Å². The fraction of sp³-hybridized carbons (Fsp3) is 0.286. The van der Waals surface area contributed by atoms with Gasteiger partial charge in [0.2, 0.25) is 5.89 Å². The maximum Gasteiger partial charge on any atom is 0.417 e. The number of nitrogens with zero attached hydrogens (tertiary/aromatic N) is 2. The van der Waals surface area contributed by atoms with Gasteiger partial charge >= 0.3 is 6.18 Å². The van der Waals surface area contributed by atoms with E-state index in [0.29, 0.717) is 17.3 Å². The monoisotopic (exact) mass is 295 g/mol. The summed E-state index contributed by atoms with van der Waals surface area (Å²) in [6.07, 6.45) is -4.54. The molecule has 0 amide bonds. The van der Waals surface area contributed by atoms with Crippen molar-refractivity contribution in [1.82, 2.24) is 4.98 Å². The van der Waals surface area contributed by atoms with Crippen LogP contribution in [0.25, 0.3) is 0 Å². The van der Waals surface area contributed by atoms with Gasteiger partial charge in [0.1, 0.15) is 5.76 Å². The first-order valence-electron chi connectivity index (χ1n) is 6.09. The van der Waals surface area contributed by atoms with E-state index in [9.17, 15) is 13.2 Å². The lowest BCUT2D eigenvalue weighted by molar-refractivity contribution is -0.137. The molecule has 1 heterocycles. The molecule has 0 saturated heterocycles. The number of aryl methyl sites for hydroxylation is 2. The first kappa shape index (κ1) is 14.9. The van der Waals surface area contributed by atoms with E-state index in [1.807, 2.05) is 0 Å². The molecule has 0 atom stereocenters. The Balaban J connectivity index is 2.17. The molecule has 0 aliphatic carbocycles. The molecule has 21 heavy (non-hydrogen) atoms. The molecule has 2 rings (SSSR count). The van der Waals surface area contributed by atoms with Crippen LogP contribution >= 0.6 is 0 Å². The zero-order chi connectivity index (χ0) is 15.6. The molecule has 1 aromatic carbocycles. The molecule has 1 N–H and O–H groups in total. The molecule has 0 spiro atoms. The summed E-state index contributed by atoms with van der Waals surface area (Å²) in [6, 6.07) is 4.87. The van der Waals surface area contributed by atoms with Crippen molar-refractivity contribution in [1.29, 1.82) is 5.26 Å². The van der Waals surface area contributed by atoms with Crippen LogP contribution < -0.4 is 5.32 Å². The third kappa shape index (κ3) is 3.34. The van der Waals surface area contributed by atoms with E-state index in [4.69, 9.17) is 9.68 Å². The highest BCUT2D eigenvalue weighted by Gasteiger charge is 2.33. The van der Waals surface area contributed by atoms with E-state index >= 15 is 0 Å². The van der Waals surface area contributed by atoms with Gasteiger partial charge in [-0.2, -0.15) is 18.4 Å². The average molecular weight is 295 g/mol. The number of nitriles is 1. The first-order chi connectivity index (χ1) is 9.81. The van der Waals surface area contributed by atoms with Crippen LogP contribution in [0.4, 0.5) is 18.9 Å². The molecule has 7 heteroatoms. The predicted molar refractivity (Wildman–Crippen MR) is 69.5 cm³/mol. The second kappa shape index (κ2) is 5.48. The molecule has 1 aromatic heterocycles. The third-order valence-corrected chi connectivity index (χ3v) is 2.96. The molecule has 110 valence electrons. The molecule has 0 radical (unpaired) electrons. The predicted octanol–water partition coefficient (Wildman–Crippen LogP) is 3.79. The maximum atomic E-state index is 12.7. The Kier molecular flexibility index (Phi) is 3.89. The van der Waals surface area contributed by atoms with Crippen LogP contribution in [0.1, 0.15) is 28.5 Å². The van der Waals surface area contributed by atoms with Crippen molar-refractivity contribution in [3.8, 4) is 6.07 Å². The van der Waals surface area contributed by atoms with Crippen molar-refractivity contribution in [2.24, 2.45) is 0 Å². The van der Waals surface area contributed by atoms with Crippen LogP contribution in [0.15, 0.2) is 22.6 Å². The molecule has 0 aliphatic rings. The van der Waals surface area contributed by atoms with Gasteiger partial charge in [0, 0.05) is 5.69 Å². The third-order valence-electron chi connectivity index (χ3n) is 2.96. The summed E-state index contributed by atoms with van der Waals surface area (Å²) in [5.74, 6) is 1.13. The summed E-state index contributed by atoms with van der Waals surface area (Å²) < 4.78 is 43.4. The van der Waals surface area contributed by atoms with Crippen molar-refractivity contribution < 1.29 is 17.6 Å². The summed E-state index contributed by atoms with van der Waals surface area (Å²) >= 11 is 0. The van der Waals surface area contributed by atoms with Crippen molar-refractivity contribution in [2.75, 3.05) is 5.32 Å². The lowest BCUT2D eigenvalue weighted by atomic mass is 10.1. The van der Waals surface area contributed by atoms with Gasteiger partial charge in [-0.05, 0) is 32.0 Å². The lowest BCUT2D eigenvalue weighted by Crippen LogP contribution is -2.08. The van der Waals surface area contributed by atoms with E-state index in [0.717, 1.165) is 17.8 Å². The number of alkyl halides is 3. The Bertz CT molecular complexity index is 679. The SMILES string of the molecule is Cc1nc(CNc2ccc(C(F)(F)F)c(C#N)c2)oc1C. The Morgan fingerprint density at radius 2 is 2.05 bits per heavy atom. The standard InChI is InChI=1S/C14H12F3N3O/c1-8-9(2)21-13(20-8)7-19-11-3-4-12(14(15,16)17)10(5-11)6-18/h3-5,19H,7H2,1-2H3. The summed E-state index contributed by atoms with van der Waals surface area (Å²) in [6.45, 7) is 3.80. The number of benzene rings is 1. The highest BCUT2D eigenvalue weighted by atomic mass is 19.4. The second-order valence-electron chi connectivity index (χ2n) is 4.47. The van der Waals surface area contributed by atoms with Gasteiger partial charge < -0.3 is 9.73 Å². The molecule has 0 fully saturated rings. The highest BCUT2D eigenvalue weighted by Crippen LogP contribution is 2.33. The fourth-order valence-electron chi connectivity index (χ4n) is 1.79. The van der Waals surface area contributed by atoms with Gasteiger partial charge in [-0.1, -0.05) is 0 Å². The lowest BCUT2D eigenvalue weighted by Gasteiger charge is -2.10. The number of hydrogen-bond acceptors (Lipinski definition) is 4. The van der Waals surface area contributed by atoms with Gasteiger partial charge in [-0.3, -0.25) is 0 Å². The van der Waals surface area contributed by atoms with Crippen molar-refractivity contribution in [3.05, 3.63) is 46.7 Å². The number of halogens is 3. The zero-order valence-electron chi connectivity index (χ0n) is 11.4. The van der Waals surface area contributed by atoms with Crippen molar-refractivity contribution in [3.63, 3.8) is 0 Å². The quantitative estimate of drug-likeness (QED) is 0.935. The summed E-state index contributed by atoms with van der Waals surface area (Å²) in [5, 5.41) is 11.7. The minimum absolute atomic E-state index is 0.227. The van der Waals surface area contributed by atoms with Gasteiger partial charge in [-0.15, -0.1) is 0 Å². The summed E-state index contributed by atoms with van der Waals surface area (Å²) in [5.41, 5.74) is -0.212. The first-order valence-corrected chi connectivity index (χ1v) is 6.09.